The van der Waals surface area contributed by atoms with Crippen molar-refractivity contribution in [3.63, 3.8) is 0 Å². The monoisotopic (exact) mass is 316 g/mol. The Morgan fingerprint density at radius 2 is 1.96 bits per heavy atom. The highest BCUT2D eigenvalue weighted by molar-refractivity contribution is 5.05. The van der Waals surface area contributed by atoms with Gasteiger partial charge in [0.1, 0.15) is 11.5 Å². The van der Waals surface area contributed by atoms with E-state index in [0.29, 0.717) is 11.6 Å². The van der Waals surface area contributed by atoms with E-state index in [4.69, 9.17) is 5.11 Å². The molecule has 7 heteroatoms. The third-order valence-corrected chi connectivity index (χ3v) is 4.38. The molecule has 1 aliphatic rings. The van der Waals surface area contributed by atoms with E-state index in [1.807, 2.05) is 23.3 Å². The Morgan fingerprint density at radius 1 is 1.22 bits per heavy atom. The summed E-state index contributed by atoms with van der Waals surface area (Å²) in [5.74, 6) is 1.53. The van der Waals surface area contributed by atoms with Crippen LogP contribution in [-0.4, -0.2) is 48.1 Å². The van der Waals surface area contributed by atoms with Gasteiger partial charge in [-0.2, -0.15) is 0 Å². The van der Waals surface area contributed by atoms with Crippen LogP contribution < -0.4 is 0 Å². The van der Waals surface area contributed by atoms with Gasteiger partial charge in [-0.1, -0.05) is 12.1 Å². The first kappa shape index (κ1) is 16.0. The molecule has 0 aromatic carbocycles. The molecule has 1 fully saturated rings. The predicted molar refractivity (Wildman–Crippen MR) is 85.4 cm³/mol. The largest absolute Gasteiger partial charge is 0.390 e. The van der Waals surface area contributed by atoms with Crippen LogP contribution in [-0.2, 0) is 26.1 Å². The van der Waals surface area contributed by atoms with Crippen molar-refractivity contribution in [2.24, 2.45) is 5.92 Å². The number of aryl methyl sites for hydroxylation is 1. The van der Waals surface area contributed by atoms with Crippen LogP contribution in [0.4, 0.5) is 0 Å². The van der Waals surface area contributed by atoms with Crippen LogP contribution >= 0.6 is 0 Å². The summed E-state index contributed by atoms with van der Waals surface area (Å²) in [6.45, 7) is 6.00. The first-order valence-corrected chi connectivity index (χ1v) is 8.29. The van der Waals surface area contributed by atoms with Gasteiger partial charge >= 0.3 is 0 Å². The minimum absolute atomic E-state index is 0.0443. The van der Waals surface area contributed by atoms with Crippen molar-refractivity contribution in [3.8, 4) is 0 Å². The molecule has 1 saturated heterocycles. The zero-order valence-corrected chi connectivity index (χ0v) is 13.6. The lowest BCUT2D eigenvalue weighted by Crippen LogP contribution is -2.34. The Bertz CT molecular complexity index is 603. The quantitative estimate of drug-likeness (QED) is 0.857. The van der Waals surface area contributed by atoms with E-state index in [1.165, 1.54) is 5.56 Å². The molecule has 23 heavy (non-hydrogen) atoms. The van der Waals surface area contributed by atoms with Crippen LogP contribution in [0.15, 0.2) is 18.6 Å². The Morgan fingerprint density at radius 3 is 2.57 bits per heavy atom. The molecule has 7 nitrogen and oxygen atoms in total. The molecule has 1 aliphatic heterocycles. The fraction of sp³-hybridized carbons (Fsp3) is 0.625. The molecule has 0 atom stereocenters. The van der Waals surface area contributed by atoms with Crippen molar-refractivity contribution < 1.29 is 5.11 Å². The van der Waals surface area contributed by atoms with Crippen LogP contribution in [0.1, 0.15) is 36.8 Å². The van der Waals surface area contributed by atoms with E-state index in [-0.39, 0.29) is 6.61 Å². The van der Waals surface area contributed by atoms with Crippen molar-refractivity contribution in [3.05, 3.63) is 35.7 Å². The van der Waals surface area contributed by atoms with Crippen molar-refractivity contribution in [2.45, 2.75) is 45.9 Å². The van der Waals surface area contributed by atoms with Gasteiger partial charge in [0, 0.05) is 37.5 Å². The molecular formula is C16H24N6O. The number of nitrogens with zero attached hydrogens (tertiary/aromatic N) is 6. The number of rotatable bonds is 6. The van der Waals surface area contributed by atoms with E-state index in [9.17, 15) is 0 Å². The van der Waals surface area contributed by atoms with E-state index >= 15 is 0 Å². The van der Waals surface area contributed by atoms with Crippen LogP contribution in [0, 0.1) is 5.92 Å². The molecule has 0 spiro atoms. The summed E-state index contributed by atoms with van der Waals surface area (Å²) in [7, 11) is 0. The van der Waals surface area contributed by atoms with Crippen LogP contribution in [0.5, 0.6) is 0 Å². The van der Waals surface area contributed by atoms with Crippen LogP contribution in [0.2, 0.25) is 0 Å². The van der Waals surface area contributed by atoms with Gasteiger partial charge in [-0.25, -0.2) is 9.97 Å². The highest BCUT2D eigenvalue weighted by atomic mass is 16.3. The molecule has 2 aromatic rings. The maximum absolute atomic E-state index is 9.03. The molecule has 0 saturated carbocycles. The summed E-state index contributed by atoms with van der Waals surface area (Å²) in [5, 5.41) is 17.0. The number of aliphatic hydroxyl groups excluding tert-OH is 1. The lowest BCUT2D eigenvalue weighted by atomic mass is 9.96. The van der Waals surface area contributed by atoms with Gasteiger partial charge in [0.25, 0.3) is 0 Å². The van der Waals surface area contributed by atoms with Crippen LogP contribution in [0.3, 0.4) is 0 Å². The fourth-order valence-corrected chi connectivity index (χ4v) is 3.00. The first-order valence-electron chi connectivity index (χ1n) is 8.29. The summed E-state index contributed by atoms with van der Waals surface area (Å²) in [6, 6.07) is 0. The normalized spacial score (nSPS) is 16.8. The molecule has 0 unspecified atom stereocenters. The second-order valence-corrected chi connectivity index (χ2v) is 6.17. The summed E-state index contributed by atoms with van der Waals surface area (Å²) in [6.07, 6.45) is 8.92. The first-order chi connectivity index (χ1) is 11.3. The van der Waals surface area contributed by atoms with Crippen molar-refractivity contribution in [1.82, 2.24) is 29.9 Å². The van der Waals surface area contributed by atoms with Gasteiger partial charge in [-0.15, -0.1) is 5.10 Å². The Balaban J connectivity index is 1.46. The summed E-state index contributed by atoms with van der Waals surface area (Å²) in [4.78, 5) is 11.2. The van der Waals surface area contributed by atoms with Crippen molar-refractivity contribution >= 4 is 0 Å². The molecule has 2 aromatic heterocycles. The highest BCUT2D eigenvalue weighted by Gasteiger charge is 2.20. The minimum atomic E-state index is -0.0443. The molecule has 1 N–H and O–H groups in total. The van der Waals surface area contributed by atoms with Gasteiger partial charge in [0.2, 0.25) is 0 Å². The Kier molecular flexibility index (Phi) is 5.30. The number of hydrogen-bond acceptors (Lipinski definition) is 6. The van der Waals surface area contributed by atoms with E-state index < -0.39 is 0 Å². The maximum Gasteiger partial charge on any atom is 0.127 e. The third kappa shape index (κ3) is 4.33. The molecule has 0 amide bonds. The SMILES string of the molecule is CCc1ncc(CN2CCC(Cn3cc(CO)nn3)CC2)cn1. The zero-order chi connectivity index (χ0) is 16.1. The second-order valence-electron chi connectivity index (χ2n) is 6.17. The highest BCUT2D eigenvalue weighted by Crippen LogP contribution is 2.20. The minimum Gasteiger partial charge on any atom is -0.390 e. The van der Waals surface area contributed by atoms with Crippen molar-refractivity contribution in [2.75, 3.05) is 13.1 Å². The number of hydrogen-bond donors (Lipinski definition) is 1. The predicted octanol–water partition coefficient (Wildman–Crippen LogP) is 1.03. The lowest BCUT2D eigenvalue weighted by Gasteiger charge is -2.31. The van der Waals surface area contributed by atoms with E-state index in [0.717, 1.165) is 51.3 Å². The summed E-state index contributed by atoms with van der Waals surface area (Å²) >= 11 is 0. The van der Waals surface area contributed by atoms with Gasteiger partial charge in [0.05, 0.1) is 12.8 Å². The number of aromatic nitrogens is 5. The molecular weight excluding hydrogens is 292 g/mol. The summed E-state index contributed by atoms with van der Waals surface area (Å²) in [5.41, 5.74) is 1.82. The molecule has 0 bridgehead atoms. The molecule has 124 valence electrons. The van der Waals surface area contributed by atoms with Crippen molar-refractivity contribution in [1.29, 1.82) is 0 Å². The van der Waals surface area contributed by atoms with Crippen LogP contribution in [0.25, 0.3) is 0 Å². The maximum atomic E-state index is 9.03. The summed E-state index contributed by atoms with van der Waals surface area (Å²) < 4.78 is 1.85. The number of piperidine rings is 1. The fourth-order valence-electron chi connectivity index (χ4n) is 3.00. The lowest BCUT2D eigenvalue weighted by molar-refractivity contribution is 0.164. The molecule has 0 aliphatic carbocycles. The van der Waals surface area contributed by atoms with Gasteiger partial charge < -0.3 is 5.11 Å². The average Bonchev–Trinajstić information content (AvgIpc) is 3.05. The Labute approximate surface area is 136 Å². The molecule has 3 heterocycles. The average molecular weight is 316 g/mol. The van der Waals surface area contributed by atoms with Gasteiger partial charge in [-0.05, 0) is 31.8 Å². The third-order valence-electron chi connectivity index (χ3n) is 4.38. The standard InChI is InChI=1S/C16H24N6O/c1-2-16-17-7-14(8-18-16)9-21-5-3-13(4-6-21)10-22-11-15(12-23)19-20-22/h7-8,11,13,23H,2-6,9-10,12H2,1H3. The molecule has 0 radical (unpaired) electrons. The van der Waals surface area contributed by atoms with Gasteiger partial charge in [-0.3, -0.25) is 9.58 Å². The molecule has 3 rings (SSSR count). The van der Waals surface area contributed by atoms with E-state index in [1.54, 1.807) is 0 Å². The number of likely N-dealkylation sites (tertiary alicyclic amines) is 1. The topological polar surface area (TPSA) is 80.0 Å². The smallest absolute Gasteiger partial charge is 0.127 e. The van der Waals surface area contributed by atoms with Gasteiger partial charge in [0.15, 0.2) is 0 Å². The second kappa shape index (κ2) is 7.61. The Hall–Kier alpha value is -1.86. The number of aliphatic hydroxyl groups is 1. The van der Waals surface area contributed by atoms with E-state index in [2.05, 4.69) is 32.1 Å². The zero-order valence-electron chi connectivity index (χ0n) is 13.6.